The molecule has 0 spiro atoms. The normalized spacial score (nSPS) is 13.6. The van der Waals surface area contributed by atoms with Crippen molar-refractivity contribution in [1.82, 2.24) is 9.03 Å². The second-order valence-corrected chi connectivity index (χ2v) is 4.80. The summed E-state index contributed by atoms with van der Waals surface area (Å²) in [6, 6.07) is 4.86. The highest BCUT2D eigenvalue weighted by Crippen LogP contribution is 2.25. The van der Waals surface area contributed by atoms with Crippen LogP contribution in [0.3, 0.4) is 0 Å². The van der Waals surface area contributed by atoms with Gasteiger partial charge in [-0.15, -0.1) is 0 Å². The Balaban J connectivity index is 2.01. The quantitative estimate of drug-likeness (QED) is 0.685. The molecule has 17 heavy (non-hydrogen) atoms. The van der Waals surface area contributed by atoms with Gasteiger partial charge in [0, 0.05) is 12.4 Å². The summed E-state index contributed by atoms with van der Waals surface area (Å²) >= 11 is 13.1. The minimum Gasteiger partial charge on any atom is -0.440 e. The van der Waals surface area contributed by atoms with Crippen molar-refractivity contribution >= 4 is 41.3 Å². The minimum atomic E-state index is -0.540. The summed E-state index contributed by atoms with van der Waals surface area (Å²) < 4.78 is 9.67. The molecule has 1 aromatic rings. The van der Waals surface area contributed by atoms with Gasteiger partial charge in [-0.3, -0.25) is 4.31 Å². The fourth-order valence-corrected chi connectivity index (χ4v) is 2.23. The fraction of sp³-hybridized carbons (Fsp3) is 0.100. The Kier molecular flexibility index (Phi) is 4.04. The number of nitrogens with zero attached hydrogens (tertiary/aromatic N) is 1. The number of hydrogen-bond acceptors (Lipinski definition) is 5. The van der Waals surface area contributed by atoms with E-state index in [2.05, 4.69) is 4.72 Å². The number of hydrogen-bond donors (Lipinski definition) is 1. The number of carbonyl (C=O) groups excluding carboxylic acids is 1. The van der Waals surface area contributed by atoms with Gasteiger partial charge >= 0.3 is 5.97 Å². The van der Waals surface area contributed by atoms with Crippen molar-refractivity contribution in [2.24, 2.45) is 0 Å². The third-order valence-electron chi connectivity index (χ3n) is 1.97. The first-order valence-corrected chi connectivity index (χ1v) is 6.18. The lowest BCUT2D eigenvalue weighted by Crippen LogP contribution is -2.17. The fourth-order valence-electron chi connectivity index (χ4n) is 1.20. The molecule has 0 saturated carbocycles. The number of benzene rings is 1. The minimum absolute atomic E-state index is 0.120. The van der Waals surface area contributed by atoms with Gasteiger partial charge in [0.1, 0.15) is 0 Å². The van der Waals surface area contributed by atoms with E-state index < -0.39 is 5.97 Å². The molecule has 0 aromatic heterocycles. The van der Waals surface area contributed by atoms with Crippen LogP contribution < -0.4 is 4.72 Å². The van der Waals surface area contributed by atoms with E-state index in [1.165, 1.54) is 12.1 Å². The van der Waals surface area contributed by atoms with Crippen LogP contribution in [0.4, 0.5) is 0 Å². The molecule has 1 N–H and O–H groups in total. The first-order chi connectivity index (χ1) is 8.18. The zero-order valence-corrected chi connectivity index (χ0v) is 10.9. The van der Waals surface area contributed by atoms with Crippen LogP contribution in [0.5, 0.6) is 0 Å². The van der Waals surface area contributed by atoms with Gasteiger partial charge < -0.3 is 9.46 Å². The predicted molar refractivity (Wildman–Crippen MR) is 68.5 cm³/mol. The molecule has 1 heterocycles. The number of esters is 1. The second kappa shape index (κ2) is 5.53. The van der Waals surface area contributed by atoms with Crippen molar-refractivity contribution in [2.75, 3.05) is 6.73 Å². The second-order valence-electron chi connectivity index (χ2n) is 3.10. The smallest absolute Gasteiger partial charge is 0.342 e. The Morgan fingerprint density at radius 1 is 1.41 bits per heavy atom. The Labute approximate surface area is 113 Å². The Hall–Kier alpha value is -1.04. The van der Waals surface area contributed by atoms with Crippen molar-refractivity contribution in [3.63, 3.8) is 0 Å². The summed E-state index contributed by atoms with van der Waals surface area (Å²) in [7, 11) is 0. The maximum absolute atomic E-state index is 11.8. The highest BCUT2D eigenvalue weighted by Gasteiger charge is 2.17. The highest BCUT2D eigenvalue weighted by molar-refractivity contribution is 7.95. The lowest BCUT2D eigenvalue weighted by molar-refractivity contribution is 0.0422. The number of rotatable bonds is 3. The lowest BCUT2D eigenvalue weighted by atomic mass is 10.2. The summed E-state index contributed by atoms with van der Waals surface area (Å²) in [6.07, 6.45) is 3.49. The van der Waals surface area contributed by atoms with Crippen LogP contribution in [0.1, 0.15) is 10.4 Å². The molecular formula is C10H8Cl2N2O2S. The van der Waals surface area contributed by atoms with Crippen LogP contribution >= 0.6 is 35.3 Å². The molecule has 4 nitrogen and oxygen atoms in total. The van der Waals surface area contributed by atoms with Crippen molar-refractivity contribution in [1.29, 1.82) is 0 Å². The molecule has 2 rings (SSSR count). The SMILES string of the molecule is O=C(OCN1C=CNS1)c1c(Cl)cccc1Cl. The monoisotopic (exact) mass is 290 g/mol. The molecule has 0 fully saturated rings. The zero-order chi connectivity index (χ0) is 12.3. The van der Waals surface area contributed by atoms with E-state index in [4.69, 9.17) is 27.9 Å². The van der Waals surface area contributed by atoms with Gasteiger partial charge in [0.05, 0.1) is 27.7 Å². The van der Waals surface area contributed by atoms with E-state index in [9.17, 15) is 4.79 Å². The van der Waals surface area contributed by atoms with E-state index in [1.807, 2.05) is 0 Å². The maximum Gasteiger partial charge on any atom is 0.342 e. The molecule has 0 aliphatic carbocycles. The predicted octanol–water partition coefficient (Wildman–Crippen LogP) is 3.05. The van der Waals surface area contributed by atoms with Crippen LogP contribution in [0.15, 0.2) is 30.6 Å². The molecular weight excluding hydrogens is 283 g/mol. The van der Waals surface area contributed by atoms with Gasteiger partial charge in [-0.05, 0) is 12.1 Å². The van der Waals surface area contributed by atoms with Crippen molar-refractivity contribution in [3.05, 3.63) is 46.2 Å². The molecule has 0 bridgehead atoms. The summed E-state index contributed by atoms with van der Waals surface area (Å²) in [6.45, 7) is 0.120. The summed E-state index contributed by atoms with van der Waals surface area (Å²) in [5, 5.41) is 0.565. The molecule has 7 heteroatoms. The molecule has 0 radical (unpaired) electrons. The molecule has 1 aromatic carbocycles. The van der Waals surface area contributed by atoms with E-state index in [-0.39, 0.29) is 22.3 Å². The average Bonchev–Trinajstić information content (AvgIpc) is 2.79. The summed E-state index contributed by atoms with van der Waals surface area (Å²) in [4.78, 5) is 11.8. The van der Waals surface area contributed by atoms with E-state index in [0.29, 0.717) is 0 Å². The van der Waals surface area contributed by atoms with Crippen molar-refractivity contribution in [3.8, 4) is 0 Å². The third-order valence-corrected chi connectivity index (χ3v) is 3.30. The molecule has 0 unspecified atom stereocenters. The first kappa shape index (κ1) is 12.4. The van der Waals surface area contributed by atoms with E-state index in [1.54, 1.807) is 34.9 Å². The van der Waals surface area contributed by atoms with Crippen LogP contribution in [0.25, 0.3) is 0 Å². The number of ether oxygens (including phenoxy) is 1. The number of carbonyl (C=O) groups is 1. The lowest BCUT2D eigenvalue weighted by Gasteiger charge is -2.13. The van der Waals surface area contributed by atoms with Crippen LogP contribution in [0, 0.1) is 0 Å². The van der Waals surface area contributed by atoms with Gasteiger partial charge in [-0.1, -0.05) is 29.3 Å². The zero-order valence-electron chi connectivity index (χ0n) is 8.52. The first-order valence-electron chi connectivity index (χ1n) is 4.65. The molecule has 0 amide bonds. The number of nitrogens with one attached hydrogen (secondary N) is 1. The van der Waals surface area contributed by atoms with Gasteiger partial charge in [0.15, 0.2) is 6.73 Å². The molecule has 0 saturated heterocycles. The van der Waals surface area contributed by atoms with Gasteiger partial charge in [0.2, 0.25) is 0 Å². The van der Waals surface area contributed by atoms with Crippen molar-refractivity contribution < 1.29 is 9.53 Å². The third kappa shape index (κ3) is 3.00. The van der Waals surface area contributed by atoms with Crippen LogP contribution in [-0.4, -0.2) is 17.0 Å². The van der Waals surface area contributed by atoms with E-state index in [0.717, 1.165) is 0 Å². The summed E-state index contributed by atoms with van der Waals surface area (Å²) in [5.41, 5.74) is 0.192. The largest absolute Gasteiger partial charge is 0.440 e. The molecule has 1 aliphatic heterocycles. The molecule has 90 valence electrons. The maximum atomic E-state index is 11.8. The standard InChI is InChI=1S/C10H8Cl2N2O2S/c11-7-2-1-3-8(12)9(7)10(15)16-6-14-5-4-13-17-14/h1-5,13H,6H2. The van der Waals surface area contributed by atoms with Crippen LogP contribution in [0.2, 0.25) is 10.0 Å². The van der Waals surface area contributed by atoms with Gasteiger partial charge in [0.25, 0.3) is 0 Å². The summed E-state index contributed by atoms with van der Waals surface area (Å²) in [5.74, 6) is -0.540. The molecule has 1 aliphatic rings. The van der Waals surface area contributed by atoms with E-state index >= 15 is 0 Å². The highest BCUT2D eigenvalue weighted by atomic mass is 35.5. The molecule has 0 atom stereocenters. The Morgan fingerprint density at radius 2 is 2.12 bits per heavy atom. The van der Waals surface area contributed by atoms with Gasteiger partial charge in [-0.25, -0.2) is 4.79 Å². The van der Waals surface area contributed by atoms with Gasteiger partial charge in [-0.2, -0.15) is 0 Å². The van der Waals surface area contributed by atoms with Crippen LogP contribution in [-0.2, 0) is 4.74 Å². The topological polar surface area (TPSA) is 41.6 Å². The number of halogens is 2. The Bertz CT molecular complexity index is 447. The average molecular weight is 291 g/mol. The van der Waals surface area contributed by atoms with Crippen molar-refractivity contribution in [2.45, 2.75) is 0 Å². The Morgan fingerprint density at radius 3 is 2.71 bits per heavy atom.